The molecule has 0 saturated carbocycles. The molecule has 1 nitrogen and oxygen atoms in total. The molecule has 0 bridgehead atoms. The molecule has 1 spiro atoms. The number of rotatable bonds is 0. The summed E-state index contributed by atoms with van der Waals surface area (Å²) in [6, 6.07) is 2.52. The Morgan fingerprint density at radius 1 is 1.06 bits per heavy atom. The molecule has 1 saturated heterocycles. The van der Waals surface area contributed by atoms with Crippen LogP contribution < -0.4 is 5.32 Å². The fraction of sp³-hybridized carbons (Fsp3) is 0.538. The van der Waals surface area contributed by atoms with Gasteiger partial charge in [0.2, 0.25) is 0 Å². The van der Waals surface area contributed by atoms with Gasteiger partial charge in [-0.05, 0) is 61.4 Å². The SMILES string of the molecule is Fc1cc(F)c2c(c1)CC1(CCNCC1)C2. The van der Waals surface area contributed by atoms with Gasteiger partial charge in [-0.1, -0.05) is 0 Å². The van der Waals surface area contributed by atoms with E-state index in [1.807, 2.05) is 0 Å². The van der Waals surface area contributed by atoms with Crippen LogP contribution in [0.4, 0.5) is 8.78 Å². The highest BCUT2D eigenvalue weighted by Crippen LogP contribution is 2.44. The van der Waals surface area contributed by atoms with Crippen LogP contribution in [0.3, 0.4) is 0 Å². The molecule has 0 atom stereocenters. The number of hydrogen-bond donors (Lipinski definition) is 1. The largest absolute Gasteiger partial charge is 0.317 e. The van der Waals surface area contributed by atoms with Crippen molar-refractivity contribution >= 4 is 0 Å². The maximum Gasteiger partial charge on any atom is 0.129 e. The molecule has 0 unspecified atom stereocenters. The quantitative estimate of drug-likeness (QED) is 0.712. The summed E-state index contributed by atoms with van der Waals surface area (Å²) in [5, 5.41) is 3.32. The van der Waals surface area contributed by atoms with Crippen LogP contribution >= 0.6 is 0 Å². The van der Waals surface area contributed by atoms with E-state index in [1.165, 1.54) is 6.07 Å². The normalized spacial score (nSPS) is 22.4. The molecule has 1 fully saturated rings. The zero-order chi connectivity index (χ0) is 11.2. The van der Waals surface area contributed by atoms with E-state index >= 15 is 0 Å². The smallest absolute Gasteiger partial charge is 0.129 e. The molecule has 1 N–H and O–H groups in total. The molecular formula is C13H15F2N. The zero-order valence-electron chi connectivity index (χ0n) is 9.15. The number of benzene rings is 1. The van der Waals surface area contributed by atoms with Gasteiger partial charge in [-0.2, -0.15) is 0 Å². The minimum atomic E-state index is -0.442. The van der Waals surface area contributed by atoms with Crippen LogP contribution in [0.2, 0.25) is 0 Å². The molecule has 2 aliphatic rings. The minimum absolute atomic E-state index is 0.197. The average molecular weight is 223 g/mol. The van der Waals surface area contributed by atoms with Crippen LogP contribution in [-0.2, 0) is 12.8 Å². The molecular weight excluding hydrogens is 208 g/mol. The maximum atomic E-state index is 13.6. The van der Waals surface area contributed by atoms with Crippen molar-refractivity contribution in [3.05, 3.63) is 34.9 Å². The van der Waals surface area contributed by atoms with Crippen LogP contribution in [0.1, 0.15) is 24.0 Å². The van der Waals surface area contributed by atoms with Crippen LogP contribution in [0.15, 0.2) is 12.1 Å². The highest BCUT2D eigenvalue weighted by atomic mass is 19.1. The van der Waals surface area contributed by atoms with Crippen molar-refractivity contribution in [2.24, 2.45) is 5.41 Å². The molecule has 86 valence electrons. The van der Waals surface area contributed by atoms with Gasteiger partial charge < -0.3 is 5.32 Å². The van der Waals surface area contributed by atoms with Crippen molar-refractivity contribution in [3.63, 3.8) is 0 Å². The summed E-state index contributed by atoms with van der Waals surface area (Å²) in [6.07, 6.45) is 3.78. The number of piperidine rings is 1. The topological polar surface area (TPSA) is 12.0 Å². The summed E-state index contributed by atoms with van der Waals surface area (Å²) in [4.78, 5) is 0. The van der Waals surface area contributed by atoms with E-state index in [0.29, 0.717) is 0 Å². The highest BCUT2D eigenvalue weighted by Gasteiger charge is 2.39. The second-order valence-corrected chi connectivity index (χ2v) is 5.13. The number of halogens is 2. The van der Waals surface area contributed by atoms with Gasteiger partial charge >= 0.3 is 0 Å². The van der Waals surface area contributed by atoms with Crippen molar-refractivity contribution in [2.45, 2.75) is 25.7 Å². The fourth-order valence-electron chi connectivity index (χ4n) is 3.16. The van der Waals surface area contributed by atoms with Crippen molar-refractivity contribution in [2.75, 3.05) is 13.1 Å². The van der Waals surface area contributed by atoms with E-state index < -0.39 is 5.82 Å². The molecule has 1 heterocycles. The zero-order valence-corrected chi connectivity index (χ0v) is 9.15. The Kier molecular flexibility index (Phi) is 2.25. The van der Waals surface area contributed by atoms with Crippen LogP contribution in [0.25, 0.3) is 0 Å². The molecule has 3 heteroatoms. The lowest BCUT2D eigenvalue weighted by molar-refractivity contribution is 0.215. The molecule has 1 aliphatic carbocycles. The van der Waals surface area contributed by atoms with Gasteiger partial charge in [-0.3, -0.25) is 0 Å². The number of hydrogen-bond acceptors (Lipinski definition) is 1. The first-order valence-electron chi connectivity index (χ1n) is 5.86. The summed E-state index contributed by atoms with van der Waals surface area (Å²) >= 11 is 0. The first-order valence-corrected chi connectivity index (χ1v) is 5.86. The Hall–Kier alpha value is -0.960. The van der Waals surface area contributed by atoms with E-state index in [2.05, 4.69) is 5.32 Å². The van der Waals surface area contributed by atoms with Crippen molar-refractivity contribution in [1.82, 2.24) is 5.32 Å². The van der Waals surface area contributed by atoms with Crippen molar-refractivity contribution in [1.29, 1.82) is 0 Å². The van der Waals surface area contributed by atoms with E-state index in [9.17, 15) is 8.78 Å². The number of nitrogens with one attached hydrogen (secondary N) is 1. The van der Waals surface area contributed by atoms with Gasteiger partial charge in [0.05, 0.1) is 0 Å². The predicted octanol–water partition coefficient (Wildman–Crippen LogP) is 2.43. The molecule has 0 radical (unpaired) electrons. The lowest BCUT2D eigenvalue weighted by atomic mass is 9.76. The second kappa shape index (κ2) is 3.52. The first-order chi connectivity index (χ1) is 7.69. The predicted molar refractivity (Wildman–Crippen MR) is 58.3 cm³/mol. The molecule has 1 aliphatic heterocycles. The second-order valence-electron chi connectivity index (χ2n) is 5.13. The Bertz CT molecular complexity index is 422. The Labute approximate surface area is 93.9 Å². The third-order valence-corrected chi connectivity index (χ3v) is 4.03. The summed E-state index contributed by atoms with van der Waals surface area (Å²) in [7, 11) is 0. The lowest BCUT2D eigenvalue weighted by Gasteiger charge is -2.33. The van der Waals surface area contributed by atoms with E-state index in [0.717, 1.165) is 56.0 Å². The summed E-state index contributed by atoms with van der Waals surface area (Å²) in [5.74, 6) is -0.798. The maximum absolute atomic E-state index is 13.6. The van der Waals surface area contributed by atoms with Crippen LogP contribution in [0.5, 0.6) is 0 Å². The van der Waals surface area contributed by atoms with Crippen LogP contribution in [-0.4, -0.2) is 13.1 Å². The lowest BCUT2D eigenvalue weighted by Crippen LogP contribution is -2.37. The number of fused-ring (bicyclic) bond motifs is 1. The third-order valence-electron chi connectivity index (χ3n) is 4.03. The Balaban J connectivity index is 1.96. The third kappa shape index (κ3) is 1.54. The Morgan fingerprint density at radius 2 is 1.81 bits per heavy atom. The standard InChI is InChI=1S/C13H15F2N/c14-10-5-9-7-13(1-3-16-4-2-13)8-11(9)12(15)6-10/h5-6,16H,1-4,7-8H2. The highest BCUT2D eigenvalue weighted by molar-refractivity contribution is 5.36. The van der Waals surface area contributed by atoms with Gasteiger partial charge in [-0.15, -0.1) is 0 Å². The molecule has 0 amide bonds. The van der Waals surface area contributed by atoms with E-state index in [4.69, 9.17) is 0 Å². The summed E-state index contributed by atoms with van der Waals surface area (Å²) in [6.45, 7) is 2.00. The van der Waals surface area contributed by atoms with E-state index in [1.54, 1.807) is 0 Å². The van der Waals surface area contributed by atoms with Gasteiger partial charge in [0, 0.05) is 6.07 Å². The average Bonchev–Trinajstić information content (AvgIpc) is 2.57. The fourth-order valence-corrected chi connectivity index (χ4v) is 3.16. The molecule has 1 aromatic carbocycles. The minimum Gasteiger partial charge on any atom is -0.317 e. The van der Waals surface area contributed by atoms with Crippen molar-refractivity contribution in [3.8, 4) is 0 Å². The van der Waals surface area contributed by atoms with Crippen LogP contribution in [0, 0.1) is 17.0 Å². The summed E-state index contributed by atoms with van der Waals surface area (Å²) in [5.41, 5.74) is 1.84. The van der Waals surface area contributed by atoms with Gasteiger partial charge in [0.25, 0.3) is 0 Å². The molecule has 1 aromatic rings. The van der Waals surface area contributed by atoms with Gasteiger partial charge in [-0.25, -0.2) is 8.78 Å². The first kappa shape index (κ1) is 10.2. The molecule has 16 heavy (non-hydrogen) atoms. The van der Waals surface area contributed by atoms with E-state index in [-0.39, 0.29) is 11.2 Å². The molecule has 0 aromatic heterocycles. The monoisotopic (exact) mass is 223 g/mol. The van der Waals surface area contributed by atoms with Gasteiger partial charge in [0.15, 0.2) is 0 Å². The summed E-state index contributed by atoms with van der Waals surface area (Å²) < 4.78 is 26.8. The van der Waals surface area contributed by atoms with Gasteiger partial charge in [0.1, 0.15) is 11.6 Å². The van der Waals surface area contributed by atoms with Crippen molar-refractivity contribution < 1.29 is 8.78 Å². The Morgan fingerprint density at radius 3 is 2.56 bits per heavy atom. The molecule has 3 rings (SSSR count).